The molecule has 2 aromatic carbocycles. The third-order valence-corrected chi connectivity index (χ3v) is 6.87. The summed E-state index contributed by atoms with van der Waals surface area (Å²) in [5, 5.41) is 2.73. The van der Waals surface area contributed by atoms with Gasteiger partial charge in [-0.2, -0.15) is 0 Å². The second-order valence-corrected chi connectivity index (χ2v) is 9.95. The van der Waals surface area contributed by atoms with E-state index in [0.29, 0.717) is 34.9 Å². The van der Waals surface area contributed by atoms with Gasteiger partial charge in [-0.1, -0.05) is 59.7 Å². The van der Waals surface area contributed by atoms with Gasteiger partial charge in [-0.05, 0) is 36.1 Å². The van der Waals surface area contributed by atoms with E-state index in [1.807, 2.05) is 42.5 Å². The Kier molecular flexibility index (Phi) is 8.62. The number of nitrogens with zero attached hydrogens (tertiary/aromatic N) is 1. The summed E-state index contributed by atoms with van der Waals surface area (Å²) in [5.41, 5.74) is 2.37. The molecule has 1 amide bonds. The number of nitrogens with one attached hydrogen (secondary N) is 2. The quantitative estimate of drug-likeness (QED) is 0.180. The molecule has 0 saturated heterocycles. The average Bonchev–Trinajstić information content (AvgIpc) is 3.16. The van der Waals surface area contributed by atoms with Gasteiger partial charge in [0, 0.05) is 37.2 Å². The van der Waals surface area contributed by atoms with Gasteiger partial charge in [-0.25, -0.2) is 0 Å². The van der Waals surface area contributed by atoms with Crippen LogP contribution < -0.4 is 10.0 Å². The van der Waals surface area contributed by atoms with Crippen molar-refractivity contribution in [2.45, 2.75) is 42.4 Å². The molecule has 1 aromatic heterocycles. The number of aromatic nitrogens is 1. The van der Waals surface area contributed by atoms with Crippen molar-refractivity contribution in [3.63, 3.8) is 0 Å². The van der Waals surface area contributed by atoms with Crippen molar-refractivity contribution in [2.75, 3.05) is 11.3 Å². The van der Waals surface area contributed by atoms with E-state index in [1.165, 1.54) is 17.7 Å². The first kappa shape index (κ1) is 24.9. The molecule has 33 heavy (non-hydrogen) atoms. The Hall–Kier alpha value is -2.72. The van der Waals surface area contributed by atoms with Crippen molar-refractivity contribution in [3.05, 3.63) is 67.0 Å². The molecule has 0 bridgehead atoms. The molecular formula is C24H29N3O4S2. The highest BCUT2D eigenvalue weighted by molar-refractivity contribution is 8.25. The van der Waals surface area contributed by atoms with Crippen LogP contribution in [0.1, 0.15) is 37.4 Å². The summed E-state index contributed by atoms with van der Waals surface area (Å²) >= 11 is 4.37. The van der Waals surface area contributed by atoms with Gasteiger partial charge < -0.3 is 5.32 Å². The number of thiol groups is 1. The fraction of sp³-hybridized carbons (Fsp3) is 0.250. The van der Waals surface area contributed by atoms with Crippen molar-refractivity contribution in [2.24, 2.45) is 0 Å². The van der Waals surface area contributed by atoms with Gasteiger partial charge in [0.15, 0.2) is 0 Å². The second kappa shape index (κ2) is 11.4. The maximum Gasteiger partial charge on any atom is 0.230 e. The van der Waals surface area contributed by atoms with Crippen LogP contribution in [0.4, 0.5) is 5.69 Å². The predicted molar refractivity (Wildman–Crippen MR) is 136 cm³/mol. The van der Waals surface area contributed by atoms with Crippen LogP contribution in [-0.4, -0.2) is 32.0 Å². The molecule has 9 heteroatoms. The molecule has 0 spiro atoms. The van der Waals surface area contributed by atoms with Crippen molar-refractivity contribution in [3.8, 4) is 11.1 Å². The summed E-state index contributed by atoms with van der Waals surface area (Å²) < 4.78 is 25.6. The van der Waals surface area contributed by atoms with E-state index in [4.69, 9.17) is 0 Å². The Morgan fingerprint density at radius 3 is 2.27 bits per heavy atom. The third-order valence-electron chi connectivity index (χ3n) is 5.08. The van der Waals surface area contributed by atoms with E-state index in [2.05, 4.69) is 22.7 Å². The van der Waals surface area contributed by atoms with Crippen LogP contribution in [0.2, 0.25) is 0 Å². The molecule has 0 saturated carbocycles. The SMILES string of the molecule is CC(=O)NCCCCCC(=O)n1cc(S)c(NS(O)(O)c2ccc(-c3ccccc3)cc2)c1. The smallest absolute Gasteiger partial charge is 0.230 e. The summed E-state index contributed by atoms with van der Waals surface area (Å²) in [6.45, 7) is 2.08. The van der Waals surface area contributed by atoms with E-state index in [9.17, 15) is 18.7 Å². The van der Waals surface area contributed by atoms with Crippen LogP contribution in [0.15, 0.2) is 76.8 Å². The lowest BCUT2D eigenvalue weighted by atomic mass is 10.1. The number of carbonyl (C=O) groups is 2. The molecule has 3 aromatic rings. The number of unbranched alkanes of at least 4 members (excludes halogenated alkanes) is 2. The van der Waals surface area contributed by atoms with Gasteiger partial charge in [0.1, 0.15) is 0 Å². The van der Waals surface area contributed by atoms with Gasteiger partial charge >= 0.3 is 0 Å². The molecule has 176 valence electrons. The number of carbonyl (C=O) groups excluding carboxylic acids is 2. The molecular weight excluding hydrogens is 458 g/mol. The van der Waals surface area contributed by atoms with Crippen LogP contribution in [0, 0.1) is 0 Å². The lowest BCUT2D eigenvalue weighted by Gasteiger charge is -2.33. The molecule has 0 aliphatic carbocycles. The van der Waals surface area contributed by atoms with Gasteiger partial charge in [0.25, 0.3) is 0 Å². The lowest BCUT2D eigenvalue weighted by Crippen LogP contribution is -2.20. The highest BCUT2D eigenvalue weighted by atomic mass is 32.3. The first-order chi connectivity index (χ1) is 15.8. The lowest BCUT2D eigenvalue weighted by molar-refractivity contribution is -0.118. The first-order valence-electron chi connectivity index (χ1n) is 10.7. The minimum atomic E-state index is -3.34. The molecule has 0 unspecified atom stereocenters. The molecule has 0 fully saturated rings. The van der Waals surface area contributed by atoms with Crippen molar-refractivity contribution in [1.29, 1.82) is 0 Å². The number of benzene rings is 2. The zero-order valence-electron chi connectivity index (χ0n) is 18.4. The van der Waals surface area contributed by atoms with Gasteiger partial charge in [0.2, 0.25) is 11.8 Å². The zero-order valence-corrected chi connectivity index (χ0v) is 20.1. The van der Waals surface area contributed by atoms with Crippen LogP contribution in [-0.2, 0) is 4.79 Å². The van der Waals surface area contributed by atoms with Crippen molar-refractivity contribution in [1.82, 2.24) is 9.88 Å². The zero-order chi connectivity index (χ0) is 23.8. The summed E-state index contributed by atoms with van der Waals surface area (Å²) in [6, 6.07) is 16.8. The summed E-state index contributed by atoms with van der Waals surface area (Å²) in [7, 11) is -3.34. The Balaban J connectivity index is 1.59. The number of rotatable bonds is 10. The largest absolute Gasteiger partial charge is 0.356 e. The highest BCUT2D eigenvalue weighted by Gasteiger charge is 2.19. The number of anilines is 1. The molecule has 0 aliphatic rings. The highest BCUT2D eigenvalue weighted by Crippen LogP contribution is 2.49. The van der Waals surface area contributed by atoms with E-state index >= 15 is 0 Å². The maximum absolute atomic E-state index is 12.5. The minimum Gasteiger partial charge on any atom is -0.356 e. The summed E-state index contributed by atoms with van der Waals surface area (Å²) in [6.07, 6.45) is 5.76. The molecule has 3 rings (SSSR count). The second-order valence-electron chi connectivity index (χ2n) is 7.69. The minimum absolute atomic E-state index is 0.0575. The Morgan fingerprint density at radius 2 is 1.61 bits per heavy atom. The average molecular weight is 488 g/mol. The Bertz CT molecular complexity index is 1080. The molecule has 7 nitrogen and oxygen atoms in total. The standard InChI is InChI=1S/C24H29N3O4S2/c1-18(28)25-15-7-3-6-10-24(29)27-16-22(23(32)17-27)26-33(30,31)21-13-11-20(12-14-21)19-8-4-2-5-9-19/h2,4-5,8-9,11-14,16-17,26,30-32H,3,6-7,10,15H2,1H3,(H,25,28). The number of hydrogen-bond donors (Lipinski definition) is 5. The topological polar surface area (TPSA) is 104 Å². The van der Waals surface area contributed by atoms with Gasteiger partial charge in [-0.3, -0.25) is 28.0 Å². The summed E-state index contributed by atoms with van der Waals surface area (Å²) in [5.74, 6) is -0.167. The number of amides is 1. The van der Waals surface area contributed by atoms with Crippen LogP contribution >= 0.6 is 23.4 Å². The predicted octanol–water partition coefficient (Wildman–Crippen LogP) is 5.92. The molecule has 0 atom stereocenters. The van der Waals surface area contributed by atoms with Crippen LogP contribution in [0.25, 0.3) is 11.1 Å². The first-order valence-corrected chi connectivity index (χ1v) is 12.7. The van der Waals surface area contributed by atoms with Crippen molar-refractivity contribution < 1.29 is 18.7 Å². The number of hydrogen-bond acceptors (Lipinski definition) is 6. The fourth-order valence-electron chi connectivity index (χ4n) is 3.32. The fourth-order valence-corrected chi connectivity index (χ4v) is 4.73. The van der Waals surface area contributed by atoms with E-state index < -0.39 is 10.8 Å². The van der Waals surface area contributed by atoms with E-state index in [1.54, 1.807) is 18.3 Å². The molecule has 1 heterocycles. The Labute approximate surface area is 201 Å². The van der Waals surface area contributed by atoms with E-state index in [-0.39, 0.29) is 11.8 Å². The normalized spacial score (nSPS) is 11.8. The van der Waals surface area contributed by atoms with Gasteiger partial charge in [-0.15, -0.1) is 12.6 Å². The van der Waals surface area contributed by atoms with Gasteiger partial charge in [0.05, 0.1) is 10.6 Å². The van der Waals surface area contributed by atoms with Crippen molar-refractivity contribution >= 4 is 40.9 Å². The van der Waals surface area contributed by atoms with Crippen LogP contribution in [0.3, 0.4) is 0 Å². The third kappa shape index (κ3) is 7.13. The van der Waals surface area contributed by atoms with E-state index in [0.717, 1.165) is 24.0 Å². The summed E-state index contributed by atoms with van der Waals surface area (Å²) in [4.78, 5) is 24.1. The Morgan fingerprint density at radius 1 is 0.939 bits per heavy atom. The monoisotopic (exact) mass is 487 g/mol. The molecule has 0 aliphatic heterocycles. The van der Waals surface area contributed by atoms with Crippen LogP contribution in [0.5, 0.6) is 0 Å². The molecule has 0 radical (unpaired) electrons. The molecule has 4 N–H and O–H groups in total. The maximum atomic E-state index is 12.5.